The molecule has 2 fully saturated rings. The van der Waals surface area contributed by atoms with Crippen LogP contribution in [0.4, 0.5) is 0 Å². The van der Waals surface area contributed by atoms with E-state index in [9.17, 15) is 0 Å². The molecule has 0 amide bonds. The summed E-state index contributed by atoms with van der Waals surface area (Å²) >= 11 is 6.01. The maximum absolute atomic E-state index is 6.01. The van der Waals surface area contributed by atoms with E-state index in [1.54, 1.807) is 31.0 Å². The van der Waals surface area contributed by atoms with Gasteiger partial charge in [-0.3, -0.25) is 0 Å². The number of aryl methyl sites for hydroxylation is 1. The van der Waals surface area contributed by atoms with Gasteiger partial charge in [-0.25, -0.2) is 0 Å². The van der Waals surface area contributed by atoms with E-state index in [-0.39, 0.29) is 8.80 Å². The zero-order valence-electron chi connectivity index (χ0n) is 18.8. The van der Waals surface area contributed by atoms with Gasteiger partial charge in [-0.15, -0.1) is 0 Å². The normalized spacial score (nSPS) is 27.1. The Morgan fingerprint density at radius 1 is 0.767 bits per heavy atom. The van der Waals surface area contributed by atoms with Crippen molar-refractivity contribution in [3.63, 3.8) is 0 Å². The molecule has 2 aromatic rings. The molecule has 0 atom stereocenters. The van der Waals surface area contributed by atoms with Crippen LogP contribution in [0.1, 0.15) is 63.9 Å². The number of halogens is 1. The molecule has 0 bridgehead atoms. The van der Waals surface area contributed by atoms with Crippen molar-refractivity contribution in [1.29, 1.82) is 0 Å². The fraction of sp³-hybridized carbons (Fsp3) is 0.571. The largest absolute Gasteiger partial charge is 0.0843 e. The molecule has 0 spiro atoms. The Morgan fingerprint density at radius 2 is 1.33 bits per heavy atom. The predicted octanol–water partition coefficient (Wildman–Crippen LogP) is 8.79. The highest BCUT2D eigenvalue weighted by molar-refractivity contribution is 6.58. The highest BCUT2D eigenvalue weighted by atomic mass is 35.5. The van der Waals surface area contributed by atoms with E-state index in [1.807, 2.05) is 12.1 Å². The summed E-state index contributed by atoms with van der Waals surface area (Å²) < 4.78 is 0. The second-order valence-corrected chi connectivity index (χ2v) is 14.0. The van der Waals surface area contributed by atoms with Crippen molar-refractivity contribution in [2.45, 2.75) is 82.8 Å². The first-order valence-electron chi connectivity index (χ1n) is 12.6. The molecule has 162 valence electrons. The van der Waals surface area contributed by atoms with Crippen LogP contribution >= 0.6 is 11.6 Å². The molecule has 30 heavy (non-hydrogen) atoms. The summed E-state index contributed by atoms with van der Waals surface area (Å²) in [6, 6.07) is 22.3. The smallest absolute Gasteiger partial charge is 0.0406 e. The lowest BCUT2D eigenvalue weighted by molar-refractivity contribution is 0.186. The van der Waals surface area contributed by atoms with Gasteiger partial charge >= 0.3 is 0 Å². The Labute approximate surface area is 191 Å². The van der Waals surface area contributed by atoms with Gasteiger partial charge in [0.2, 0.25) is 0 Å². The summed E-state index contributed by atoms with van der Waals surface area (Å²) in [5.74, 6) is 3.12. The third-order valence-electron chi connectivity index (χ3n) is 8.12. The van der Waals surface area contributed by atoms with E-state index in [4.69, 9.17) is 11.6 Å². The summed E-state index contributed by atoms with van der Waals surface area (Å²) in [5.41, 5.74) is 4.03. The van der Waals surface area contributed by atoms with Crippen molar-refractivity contribution < 1.29 is 0 Å². The van der Waals surface area contributed by atoms with E-state index in [0.717, 1.165) is 22.8 Å². The SMILES string of the molecule is CCC[SiH]1CCC([C@H]2CC[C@H](CCc3ccc(-c4ccc(Cl)cc4)cc3)CC2)CC1. The minimum absolute atomic E-state index is 0.310. The van der Waals surface area contributed by atoms with Crippen LogP contribution in [0.2, 0.25) is 23.2 Å². The van der Waals surface area contributed by atoms with Gasteiger partial charge in [0.15, 0.2) is 0 Å². The average Bonchev–Trinajstić information content (AvgIpc) is 2.80. The summed E-state index contributed by atoms with van der Waals surface area (Å²) in [7, 11) is -0.310. The van der Waals surface area contributed by atoms with Gasteiger partial charge in [-0.1, -0.05) is 105 Å². The maximum atomic E-state index is 6.01. The minimum atomic E-state index is -0.310. The molecule has 1 aliphatic carbocycles. The summed E-state index contributed by atoms with van der Waals surface area (Å²) in [5, 5.41) is 0.802. The minimum Gasteiger partial charge on any atom is -0.0843 e. The molecule has 0 unspecified atom stereocenters. The first-order valence-corrected chi connectivity index (χ1v) is 15.4. The number of hydrogen-bond acceptors (Lipinski definition) is 0. The zero-order valence-corrected chi connectivity index (χ0v) is 20.7. The average molecular weight is 439 g/mol. The second kappa shape index (κ2) is 11.0. The van der Waals surface area contributed by atoms with E-state index < -0.39 is 0 Å². The third kappa shape index (κ3) is 6.01. The molecule has 4 rings (SSSR count). The highest BCUT2D eigenvalue weighted by Gasteiger charge is 2.30. The molecule has 1 heterocycles. The molecule has 0 nitrogen and oxygen atoms in total. The first kappa shape index (κ1) is 22.2. The van der Waals surface area contributed by atoms with Crippen LogP contribution in [-0.4, -0.2) is 8.80 Å². The summed E-state index contributed by atoms with van der Waals surface area (Å²) in [4.78, 5) is 0. The molecule has 2 heteroatoms. The van der Waals surface area contributed by atoms with Crippen LogP contribution < -0.4 is 0 Å². The van der Waals surface area contributed by atoms with Gasteiger partial charge in [0.1, 0.15) is 0 Å². The molecule has 1 saturated heterocycles. The zero-order chi connectivity index (χ0) is 20.8. The van der Waals surface area contributed by atoms with Crippen molar-refractivity contribution in [2.75, 3.05) is 0 Å². The lowest BCUT2D eigenvalue weighted by Crippen LogP contribution is -2.28. The molecule has 2 aliphatic rings. The number of rotatable bonds is 7. The van der Waals surface area contributed by atoms with E-state index in [2.05, 4.69) is 43.3 Å². The standard InChI is InChI=1S/C28H39ClSi/c1-2-19-30-20-17-27(18-21-30)25-11-7-23(8-12-25)4-3-22-5-9-24(10-6-22)26-13-15-28(29)16-14-26/h5-6,9-10,13-16,23,25,27,30H,2-4,7-8,11-12,17-21H2,1H3/t23-,25-,27?,30?. The van der Waals surface area contributed by atoms with Gasteiger partial charge in [0.05, 0.1) is 0 Å². The maximum Gasteiger partial charge on any atom is 0.0406 e. The molecule has 2 aromatic carbocycles. The molecule has 0 N–H and O–H groups in total. The quantitative estimate of drug-likeness (QED) is 0.378. The Kier molecular flexibility index (Phi) is 8.12. The Balaban J connectivity index is 1.19. The van der Waals surface area contributed by atoms with Crippen LogP contribution in [0.5, 0.6) is 0 Å². The van der Waals surface area contributed by atoms with E-state index >= 15 is 0 Å². The number of hydrogen-bond donors (Lipinski definition) is 0. The fourth-order valence-corrected chi connectivity index (χ4v) is 9.79. The van der Waals surface area contributed by atoms with E-state index in [0.29, 0.717) is 0 Å². The van der Waals surface area contributed by atoms with Crippen molar-refractivity contribution in [3.8, 4) is 11.1 Å². The van der Waals surface area contributed by atoms with Crippen LogP contribution in [-0.2, 0) is 6.42 Å². The molecular weight excluding hydrogens is 400 g/mol. The van der Waals surface area contributed by atoms with Crippen LogP contribution in [0.3, 0.4) is 0 Å². The second-order valence-electron chi connectivity index (χ2n) is 10.1. The van der Waals surface area contributed by atoms with Gasteiger partial charge in [0.25, 0.3) is 0 Å². The summed E-state index contributed by atoms with van der Waals surface area (Å²) in [6.45, 7) is 2.38. The van der Waals surface area contributed by atoms with Crippen LogP contribution in [0.15, 0.2) is 48.5 Å². The summed E-state index contributed by atoms with van der Waals surface area (Å²) in [6.07, 6.45) is 13.2. The van der Waals surface area contributed by atoms with Gasteiger partial charge < -0.3 is 0 Å². The van der Waals surface area contributed by atoms with Crippen molar-refractivity contribution in [3.05, 3.63) is 59.1 Å². The third-order valence-corrected chi connectivity index (χ3v) is 12.1. The van der Waals surface area contributed by atoms with Crippen molar-refractivity contribution in [1.82, 2.24) is 0 Å². The lowest BCUT2D eigenvalue weighted by atomic mass is 9.73. The number of benzene rings is 2. The fourth-order valence-electron chi connectivity index (χ4n) is 6.18. The molecule has 1 aliphatic heterocycles. The predicted molar refractivity (Wildman–Crippen MR) is 135 cm³/mol. The van der Waals surface area contributed by atoms with Crippen LogP contribution in [0.25, 0.3) is 11.1 Å². The molecule has 0 aromatic heterocycles. The molecular formula is C28H39ClSi. The van der Waals surface area contributed by atoms with Crippen molar-refractivity contribution in [2.24, 2.45) is 17.8 Å². The van der Waals surface area contributed by atoms with E-state index in [1.165, 1.54) is 61.6 Å². The Hall–Kier alpha value is -1.05. The monoisotopic (exact) mass is 438 g/mol. The Bertz CT molecular complexity index is 750. The Morgan fingerprint density at radius 3 is 1.93 bits per heavy atom. The van der Waals surface area contributed by atoms with Crippen molar-refractivity contribution >= 4 is 20.4 Å². The molecule has 0 radical (unpaired) electrons. The highest BCUT2D eigenvalue weighted by Crippen LogP contribution is 2.41. The van der Waals surface area contributed by atoms with Gasteiger partial charge in [0, 0.05) is 13.8 Å². The topological polar surface area (TPSA) is 0 Å². The first-order chi connectivity index (χ1) is 14.7. The molecule has 1 saturated carbocycles. The van der Waals surface area contributed by atoms with Gasteiger partial charge in [-0.2, -0.15) is 0 Å². The van der Waals surface area contributed by atoms with Gasteiger partial charge in [-0.05, 0) is 72.3 Å². The lowest BCUT2D eigenvalue weighted by Gasteiger charge is -2.37. The van der Waals surface area contributed by atoms with Crippen LogP contribution in [0, 0.1) is 17.8 Å².